The topological polar surface area (TPSA) is 96.0 Å². The molecule has 2 amide bonds. The molecule has 9 heteroatoms. The lowest BCUT2D eigenvalue weighted by Crippen LogP contribution is -2.47. The van der Waals surface area contributed by atoms with Crippen LogP contribution in [0.2, 0.25) is 0 Å². The van der Waals surface area contributed by atoms with E-state index in [1.165, 1.54) is 9.21 Å². The summed E-state index contributed by atoms with van der Waals surface area (Å²) in [5.41, 5.74) is 2.55. The first-order valence-electron chi connectivity index (χ1n) is 11.9. The maximum Gasteiger partial charge on any atom is 0.242 e. The van der Waals surface area contributed by atoms with Gasteiger partial charge in [-0.2, -0.15) is 0 Å². The summed E-state index contributed by atoms with van der Waals surface area (Å²) in [6, 6.07) is 14.0. The van der Waals surface area contributed by atoms with Crippen molar-refractivity contribution in [3.05, 3.63) is 59.7 Å². The van der Waals surface area contributed by atoms with Crippen LogP contribution in [0.15, 0.2) is 48.5 Å². The Balaban J connectivity index is 2.14. The van der Waals surface area contributed by atoms with Crippen LogP contribution < -0.4 is 14.4 Å². The zero-order valence-corrected chi connectivity index (χ0v) is 22.1. The normalized spacial score (nSPS) is 12.0. The van der Waals surface area contributed by atoms with Crippen LogP contribution in [-0.2, 0) is 32.6 Å². The molecule has 0 aliphatic carbocycles. The standard InChI is InChI=1S/C26H37N3O5S/c1-6-21-10-14-23(15-11-21)29(35(5,32)33)18-8-9-25(30)28(20(3)26(31)27-7-2)19-22-12-16-24(34-4)17-13-22/h10-17,20H,6-9,18-19H2,1-5H3,(H,27,31). The van der Waals surface area contributed by atoms with Crippen LogP contribution in [-0.4, -0.2) is 57.6 Å². The van der Waals surface area contributed by atoms with Gasteiger partial charge in [-0.05, 0) is 62.1 Å². The van der Waals surface area contributed by atoms with E-state index >= 15 is 0 Å². The quantitative estimate of drug-likeness (QED) is 0.452. The highest BCUT2D eigenvalue weighted by molar-refractivity contribution is 7.92. The van der Waals surface area contributed by atoms with Crippen molar-refractivity contribution >= 4 is 27.5 Å². The summed E-state index contributed by atoms with van der Waals surface area (Å²) in [6.07, 6.45) is 2.46. The number of nitrogens with zero attached hydrogens (tertiary/aromatic N) is 2. The maximum absolute atomic E-state index is 13.2. The Bertz CT molecular complexity index is 1070. The number of methoxy groups -OCH3 is 1. The Morgan fingerprint density at radius 3 is 2.11 bits per heavy atom. The molecule has 0 aliphatic rings. The number of hydrogen-bond acceptors (Lipinski definition) is 5. The molecule has 2 aromatic carbocycles. The average molecular weight is 504 g/mol. The van der Waals surface area contributed by atoms with Crippen LogP contribution in [0, 0.1) is 0 Å². The second kappa shape index (κ2) is 13.1. The lowest BCUT2D eigenvalue weighted by Gasteiger charge is -2.29. The third-order valence-corrected chi connectivity index (χ3v) is 7.01. The molecule has 0 spiro atoms. The molecule has 0 bridgehead atoms. The summed E-state index contributed by atoms with van der Waals surface area (Å²) >= 11 is 0. The molecule has 0 saturated carbocycles. The zero-order valence-electron chi connectivity index (χ0n) is 21.3. The number of carbonyl (C=O) groups is 2. The number of carbonyl (C=O) groups excluding carboxylic acids is 2. The van der Waals surface area contributed by atoms with Crippen LogP contribution in [0.25, 0.3) is 0 Å². The zero-order chi connectivity index (χ0) is 26.0. The number of anilines is 1. The number of ether oxygens (including phenoxy) is 1. The molecule has 1 N–H and O–H groups in total. The number of nitrogens with one attached hydrogen (secondary N) is 1. The summed E-state index contributed by atoms with van der Waals surface area (Å²) < 4.78 is 31.4. The minimum Gasteiger partial charge on any atom is -0.497 e. The van der Waals surface area contributed by atoms with E-state index < -0.39 is 16.1 Å². The van der Waals surface area contributed by atoms with E-state index in [2.05, 4.69) is 5.32 Å². The fourth-order valence-corrected chi connectivity index (χ4v) is 4.70. The number of benzene rings is 2. The van der Waals surface area contributed by atoms with Crippen LogP contribution in [0.3, 0.4) is 0 Å². The Hall–Kier alpha value is -3.07. The van der Waals surface area contributed by atoms with E-state index in [1.807, 2.05) is 50.2 Å². The Morgan fingerprint density at radius 1 is 1.00 bits per heavy atom. The molecule has 2 aromatic rings. The summed E-state index contributed by atoms with van der Waals surface area (Å²) in [5.74, 6) is 0.258. The molecule has 1 atom stereocenters. The van der Waals surface area contributed by atoms with Crippen molar-refractivity contribution < 1.29 is 22.7 Å². The molecule has 0 fully saturated rings. The molecule has 0 heterocycles. The van der Waals surface area contributed by atoms with Gasteiger partial charge < -0.3 is 15.0 Å². The van der Waals surface area contributed by atoms with E-state index in [0.717, 1.165) is 23.8 Å². The van der Waals surface area contributed by atoms with E-state index in [9.17, 15) is 18.0 Å². The smallest absolute Gasteiger partial charge is 0.242 e. The van der Waals surface area contributed by atoms with Gasteiger partial charge in [0.15, 0.2) is 0 Å². The lowest BCUT2D eigenvalue weighted by atomic mass is 10.1. The number of likely N-dealkylation sites (N-methyl/N-ethyl adjacent to an activating group) is 1. The predicted molar refractivity (Wildman–Crippen MR) is 139 cm³/mol. The molecule has 192 valence electrons. The van der Waals surface area contributed by atoms with E-state index in [-0.39, 0.29) is 31.3 Å². The lowest BCUT2D eigenvalue weighted by molar-refractivity contribution is -0.140. The molecule has 0 saturated heterocycles. The molecule has 0 aliphatic heterocycles. The van der Waals surface area contributed by atoms with Gasteiger partial charge >= 0.3 is 0 Å². The minimum atomic E-state index is -3.52. The van der Waals surface area contributed by atoms with Gasteiger partial charge in [0, 0.05) is 26.1 Å². The average Bonchev–Trinajstić information content (AvgIpc) is 2.84. The number of amides is 2. The van der Waals surface area contributed by atoms with Gasteiger partial charge in [-0.25, -0.2) is 8.42 Å². The first-order chi connectivity index (χ1) is 16.6. The van der Waals surface area contributed by atoms with Crippen molar-refractivity contribution in [1.82, 2.24) is 10.2 Å². The van der Waals surface area contributed by atoms with Crippen molar-refractivity contribution in [1.29, 1.82) is 0 Å². The number of hydrogen-bond donors (Lipinski definition) is 1. The number of rotatable bonds is 13. The largest absolute Gasteiger partial charge is 0.497 e. The van der Waals surface area contributed by atoms with E-state index in [0.29, 0.717) is 24.4 Å². The summed E-state index contributed by atoms with van der Waals surface area (Å²) in [6.45, 7) is 6.46. The Labute approximate surface area is 209 Å². The second-order valence-corrected chi connectivity index (χ2v) is 10.3. The first kappa shape index (κ1) is 28.2. The van der Waals surface area contributed by atoms with Crippen LogP contribution in [0.1, 0.15) is 44.7 Å². The van der Waals surface area contributed by atoms with E-state index in [1.54, 1.807) is 26.2 Å². The van der Waals surface area contributed by atoms with Gasteiger partial charge in [-0.3, -0.25) is 13.9 Å². The predicted octanol–water partition coefficient (Wildman–Crippen LogP) is 3.36. The van der Waals surface area contributed by atoms with Gasteiger partial charge in [0.1, 0.15) is 11.8 Å². The summed E-state index contributed by atoms with van der Waals surface area (Å²) in [4.78, 5) is 27.3. The van der Waals surface area contributed by atoms with Gasteiger partial charge in [-0.15, -0.1) is 0 Å². The van der Waals surface area contributed by atoms with Crippen molar-refractivity contribution in [2.24, 2.45) is 0 Å². The summed E-state index contributed by atoms with van der Waals surface area (Å²) in [7, 11) is -1.93. The highest BCUT2D eigenvalue weighted by atomic mass is 32.2. The van der Waals surface area contributed by atoms with Crippen molar-refractivity contribution in [3.8, 4) is 5.75 Å². The molecule has 1 unspecified atom stereocenters. The van der Waals surface area contributed by atoms with Crippen LogP contribution in [0.4, 0.5) is 5.69 Å². The van der Waals surface area contributed by atoms with Gasteiger partial charge in [0.05, 0.1) is 19.1 Å². The highest BCUT2D eigenvalue weighted by Crippen LogP contribution is 2.20. The third-order valence-electron chi connectivity index (χ3n) is 5.82. The third kappa shape index (κ3) is 8.28. The van der Waals surface area contributed by atoms with Gasteiger partial charge in [0.25, 0.3) is 0 Å². The van der Waals surface area contributed by atoms with Gasteiger partial charge in [-0.1, -0.05) is 31.2 Å². The highest BCUT2D eigenvalue weighted by Gasteiger charge is 2.26. The van der Waals surface area contributed by atoms with Crippen molar-refractivity contribution in [2.75, 3.05) is 30.8 Å². The van der Waals surface area contributed by atoms with Crippen molar-refractivity contribution in [2.45, 2.75) is 52.6 Å². The molecular weight excluding hydrogens is 466 g/mol. The first-order valence-corrected chi connectivity index (χ1v) is 13.7. The fourth-order valence-electron chi connectivity index (χ4n) is 3.73. The van der Waals surface area contributed by atoms with Crippen LogP contribution >= 0.6 is 0 Å². The maximum atomic E-state index is 13.2. The molecule has 2 rings (SSSR count). The monoisotopic (exact) mass is 503 g/mol. The molecule has 8 nitrogen and oxygen atoms in total. The van der Waals surface area contributed by atoms with Gasteiger partial charge in [0.2, 0.25) is 21.8 Å². The molecule has 0 radical (unpaired) electrons. The second-order valence-electron chi connectivity index (χ2n) is 8.40. The number of sulfonamides is 1. The minimum absolute atomic E-state index is 0.110. The molecule has 0 aromatic heterocycles. The SMILES string of the molecule is CCNC(=O)C(C)N(Cc1ccc(OC)cc1)C(=O)CCCN(c1ccc(CC)cc1)S(C)(=O)=O. The molecule has 35 heavy (non-hydrogen) atoms. The Kier molecular flexibility index (Phi) is 10.6. The van der Waals surface area contributed by atoms with Crippen LogP contribution in [0.5, 0.6) is 5.75 Å². The molecular formula is C26H37N3O5S. The number of aryl methyl sites for hydroxylation is 1. The summed E-state index contributed by atoms with van der Waals surface area (Å²) in [5, 5.41) is 2.77. The Morgan fingerprint density at radius 2 is 1.60 bits per heavy atom. The van der Waals surface area contributed by atoms with Crippen molar-refractivity contribution in [3.63, 3.8) is 0 Å². The van der Waals surface area contributed by atoms with E-state index in [4.69, 9.17) is 4.74 Å². The fraction of sp³-hybridized carbons (Fsp3) is 0.462.